The van der Waals surface area contributed by atoms with Crippen LogP contribution >= 0.6 is 0 Å². The van der Waals surface area contributed by atoms with Gasteiger partial charge < -0.3 is 9.47 Å². The molecule has 0 aromatic rings. The van der Waals surface area contributed by atoms with E-state index in [9.17, 15) is 4.79 Å². The van der Waals surface area contributed by atoms with E-state index < -0.39 is 0 Å². The number of rotatable bonds is 1. The number of carbonyl (C=O) groups is 1. The zero-order valence-electron chi connectivity index (χ0n) is 5.87. The highest BCUT2D eigenvalue weighted by Gasteiger charge is 2.48. The number of hydrogen-bond acceptors (Lipinski definition) is 3. The Morgan fingerprint density at radius 2 is 2.40 bits per heavy atom. The maximum atomic E-state index is 11.1. The molecule has 0 spiro atoms. The lowest BCUT2D eigenvalue weighted by atomic mass is 9.96. The largest absolute Gasteiger partial charge is 0.371 e. The zero-order chi connectivity index (χ0) is 7.14. The summed E-state index contributed by atoms with van der Waals surface area (Å²) in [7, 11) is 1.56. The Morgan fingerprint density at radius 1 is 1.60 bits per heavy atom. The Morgan fingerprint density at radius 3 is 2.80 bits per heavy atom. The number of hydrogen-bond donors (Lipinski definition) is 0. The molecular formula is C7H10O3. The SMILES string of the molecule is CO[C@H]1C(=O)[C@@H]2CC[C@H]1O2. The van der Waals surface area contributed by atoms with Gasteiger partial charge in [0.25, 0.3) is 0 Å². The van der Waals surface area contributed by atoms with Gasteiger partial charge in [-0.05, 0) is 12.8 Å². The van der Waals surface area contributed by atoms with Crippen LogP contribution in [0.2, 0.25) is 0 Å². The van der Waals surface area contributed by atoms with Crippen LogP contribution in [0.4, 0.5) is 0 Å². The first-order valence-electron chi connectivity index (χ1n) is 3.55. The summed E-state index contributed by atoms with van der Waals surface area (Å²) in [5.41, 5.74) is 0. The molecule has 2 heterocycles. The average Bonchev–Trinajstić information content (AvgIpc) is 2.46. The summed E-state index contributed by atoms with van der Waals surface area (Å²) in [6.07, 6.45) is 1.52. The van der Waals surface area contributed by atoms with Crippen molar-refractivity contribution in [3.05, 3.63) is 0 Å². The van der Waals surface area contributed by atoms with E-state index in [0.29, 0.717) is 0 Å². The molecule has 2 fully saturated rings. The molecular weight excluding hydrogens is 132 g/mol. The van der Waals surface area contributed by atoms with Crippen LogP contribution in [0, 0.1) is 0 Å². The van der Waals surface area contributed by atoms with E-state index in [-0.39, 0.29) is 24.1 Å². The molecule has 2 rings (SSSR count). The maximum Gasteiger partial charge on any atom is 0.192 e. The minimum Gasteiger partial charge on any atom is -0.371 e. The molecule has 3 heteroatoms. The Bertz CT molecular complexity index is 166. The molecule has 0 aliphatic carbocycles. The van der Waals surface area contributed by atoms with Crippen LogP contribution in [0.1, 0.15) is 12.8 Å². The molecule has 3 atom stereocenters. The fraction of sp³-hybridized carbons (Fsp3) is 0.857. The third-order valence-corrected chi connectivity index (χ3v) is 2.24. The van der Waals surface area contributed by atoms with Gasteiger partial charge >= 0.3 is 0 Å². The number of methoxy groups -OCH3 is 1. The lowest BCUT2D eigenvalue weighted by molar-refractivity contribution is -0.129. The summed E-state index contributed by atoms with van der Waals surface area (Å²) in [4.78, 5) is 11.1. The minimum absolute atomic E-state index is 0.0579. The van der Waals surface area contributed by atoms with Crippen molar-refractivity contribution in [2.45, 2.75) is 31.2 Å². The lowest BCUT2D eigenvalue weighted by Gasteiger charge is -2.14. The van der Waals surface area contributed by atoms with E-state index in [1.165, 1.54) is 0 Å². The van der Waals surface area contributed by atoms with Gasteiger partial charge in [0.1, 0.15) is 12.2 Å². The number of carbonyl (C=O) groups excluding carboxylic acids is 1. The highest BCUT2D eigenvalue weighted by atomic mass is 16.6. The average molecular weight is 142 g/mol. The van der Waals surface area contributed by atoms with Gasteiger partial charge in [0.05, 0.1) is 6.10 Å². The molecule has 0 unspecified atom stereocenters. The first-order valence-corrected chi connectivity index (χ1v) is 3.55. The van der Waals surface area contributed by atoms with Crippen molar-refractivity contribution in [1.82, 2.24) is 0 Å². The summed E-state index contributed by atoms with van der Waals surface area (Å²) >= 11 is 0. The van der Waals surface area contributed by atoms with Crippen LogP contribution in [0.5, 0.6) is 0 Å². The van der Waals surface area contributed by atoms with E-state index in [1.807, 2.05) is 0 Å². The summed E-state index contributed by atoms with van der Waals surface area (Å²) in [5, 5.41) is 0. The summed E-state index contributed by atoms with van der Waals surface area (Å²) in [6.45, 7) is 0. The van der Waals surface area contributed by atoms with Crippen LogP contribution in [0.3, 0.4) is 0 Å². The Balaban J connectivity index is 2.17. The molecule has 0 radical (unpaired) electrons. The smallest absolute Gasteiger partial charge is 0.192 e. The summed E-state index contributed by atoms with van der Waals surface area (Å²) < 4.78 is 10.3. The van der Waals surface area contributed by atoms with Gasteiger partial charge in [0.2, 0.25) is 0 Å². The predicted molar refractivity (Wildman–Crippen MR) is 33.7 cm³/mol. The van der Waals surface area contributed by atoms with Crippen LogP contribution < -0.4 is 0 Å². The van der Waals surface area contributed by atoms with E-state index in [4.69, 9.17) is 9.47 Å². The first-order chi connectivity index (χ1) is 4.83. The zero-order valence-corrected chi connectivity index (χ0v) is 5.87. The maximum absolute atomic E-state index is 11.1. The van der Waals surface area contributed by atoms with Crippen molar-refractivity contribution < 1.29 is 14.3 Å². The normalized spacial score (nSPS) is 44.9. The van der Waals surface area contributed by atoms with Gasteiger partial charge in [-0.1, -0.05) is 0 Å². The first kappa shape index (κ1) is 6.31. The van der Waals surface area contributed by atoms with Crippen molar-refractivity contribution in [2.75, 3.05) is 7.11 Å². The second kappa shape index (κ2) is 2.04. The molecule has 2 bridgehead atoms. The highest BCUT2D eigenvalue weighted by Crippen LogP contribution is 2.32. The number of ketones is 1. The molecule has 3 nitrogen and oxygen atoms in total. The van der Waals surface area contributed by atoms with Gasteiger partial charge in [-0.2, -0.15) is 0 Å². The molecule has 56 valence electrons. The Labute approximate surface area is 59.3 Å². The summed E-state index contributed by atoms with van der Waals surface area (Å²) in [5.74, 6) is 0.138. The topological polar surface area (TPSA) is 35.5 Å². The van der Waals surface area contributed by atoms with Crippen molar-refractivity contribution in [3.63, 3.8) is 0 Å². The number of Topliss-reactive ketones (excluding diaryl/α,β-unsaturated/α-hetero) is 1. The van der Waals surface area contributed by atoms with Crippen LogP contribution in [-0.2, 0) is 14.3 Å². The predicted octanol–water partition coefficient (Wildman–Crippen LogP) is 0.132. The van der Waals surface area contributed by atoms with E-state index >= 15 is 0 Å². The van der Waals surface area contributed by atoms with Gasteiger partial charge in [0.15, 0.2) is 5.78 Å². The highest BCUT2D eigenvalue weighted by molar-refractivity contribution is 5.90. The fourth-order valence-electron chi connectivity index (χ4n) is 1.73. The standard InChI is InChI=1S/C7H10O3/c1-9-7-5-3-2-4(10-5)6(7)8/h4-5,7H,2-3H2,1H3/t4-,5+,7+/m0/s1. The molecule has 10 heavy (non-hydrogen) atoms. The molecule has 0 N–H and O–H groups in total. The number of fused-ring (bicyclic) bond motifs is 2. The van der Waals surface area contributed by atoms with Crippen LogP contribution in [0.15, 0.2) is 0 Å². The summed E-state index contributed by atoms with van der Waals surface area (Å²) in [6, 6.07) is 0. The second-order valence-corrected chi connectivity index (χ2v) is 2.80. The van der Waals surface area contributed by atoms with Gasteiger partial charge in [0, 0.05) is 7.11 Å². The monoisotopic (exact) mass is 142 g/mol. The van der Waals surface area contributed by atoms with E-state index in [0.717, 1.165) is 12.8 Å². The van der Waals surface area contributed by atoms with Gasteiger partial charge in [-0.3, -0.25) is 4.79 Å². The third-order valence-electron chi connectivity index (χ3n) is 2.24. The third kappa shape index (κ3) is 0.646. The Hall–Kier alpha value is -0.410. The Kier molecular flexibility index (Phi) is 1.28. The van der Waals surface area contributed by atoms with E-state index in [2.05, 4.69) is 0 Å². The fourth-order valence-corrected chi connectivity index (χ4v) is 1.73. The number of ether oxygens (including phenoxy) is 2. The van der Waals surface area contributed by atoms with Crippen LogP contribution in [0.25, 0.3) is 0 Å². The molecule has 2 saturated heterocycles. The molecule has 0 aromatic carbocycles. The molecule has 2 aliphatic rings. The van der Waals surface area contributed by atoms with Crippen molar-refractivity contribution in [1.29, 1.82) is 0 Å². The van der Waals surface area contributed by atoms with Crippen molar-refractivity contribution in [3.8, 4) is 0 Å². The van der Waals surface area contributed by atoms with Gasteiger partial charge in [-0.15, -0.1) is 0 Å². The molecule has 0 aromatic heterocycles. The van der Waals surface area contributed by atoms with E-state index in [1.54, 1.807) is 7.11 Å². The van der Waals surface area contributed by atoms with Crippen LogP contribution in [-0.4, -0.2) is 31.2 Å². The molecule has 2 aliphatic heterocycles. The van der Waals surface area contributed by atoms with Crippen molar-refractivity contribution >= 4 is 5.78 Å². The van der Waals surface area contributed by atoms with Crippen molar-refractivity contribution in [2.24, 2.45) is 0 Å². The van der Waals surface area contributed by atoms with Gasteiger partial charge in [-0.25, -0.2) is 0 Å². The minimum atomic E-state index is -0.265. The lowest BCUT2D eigenvalue weighted by Crippen LogP contribution is -2.33. The second-order valence-electron chi connectivity index (χ2n) is 2.80. The quantitative estimate of drug-likeness (QED) is 0.522. The molecule has 0 saturated carbocycles. The molecule has 0 amide bonds.